The van der Waals surface area contributed by atoms with Gasteiger partial charge in [0.1, 0.15) is 5.82 Å². The number of piperidine rings is 1. The molecule has 0 radical (unpaired) electrons. The van der Waals surface area contributed by atoms with Crippen LogP contribution in [0.15, 0.2) is 47.8 Å². The van der Waals surface area contributed by atoms with Gasteiger partial charge in [0.25, 0.3) is 5.56 Å². The first-order valence-corrected chi connectivity index (χ1v) is 9.46. The van der Waals surface area contributed by atoms with Crippen LogP contribution in [0, 0.1) is 5.92 Å². The van der Waals surface area contributed by atoms with Gasteiger partial charge < -0.3 is 9.47 Å². The van der Waals surface area contributed by atoms with Crippen LogP contribution < -0.4 is 5.56 Å². The average Bonchev–Trinajstić information content (AvgIpc) is 3.35. The summed E-state index contributed by atoms with van der Waals surface area (Å²) in [5, 5.41) is 8.67. The molecular formula is C19H25N7O. The fourth-order valence-electron chi connectivity index (χ4n) is 3.63. The second-order valence-corrected chi connectivity index (χ2v) is 7.15. The first kappa shape index (κ1) is 17.7. The summed E-state index contributed by atoms with van der Waals surface area (Å²) in [7, 11) is 2.04. The van der Waals surface area contributed by atoms with E-state index in [-0.39, 0.29) is 5.56 Å². The Kier molecular flexibility index (Phi) is 5.15. The summed E-state index contributed by atoms with van der Waals surface area (Å²) >= 11 is 0. The number of hydrogen-bond acceptors (Lipinski definition) is 5. The topological polar surface area (TPSA) is 73.8 Å². The molecular weight excluding hydrogens is 342 g/mol. The van der Waals surface area contributed by atoms with Crippen molar-refractivity contribution < 1.29 is 0 Å². The Morgan fingerprint density at radius 1 is 1.15 bits per heavy atom. The molecule has 1 aliphatic rings. The largest absolute Gasteiger partial charge is 0.338 e. The van der Waals surface area contributed by atoms with Gasteiger partial charge in [0.05, 0.1) is 0 Å². The quantitative estimate of drug-likeness (QED) is 0.653. The van der Waals surface area contributed by atoms with Gasteiger partial charge in [-0.15, -0.1) is 5.10 Å². The molecule has 8 nitrogen and oxygen atoms in total. The third-order valence-electron chi connectivity index (χ3n) is 5.30. The van der Waals surface area contributed by atoms with Crippen molar-refractivity contribution in [1.82, 2.24) is 34.0 Å². The van der Waals surface area contributed by atoms with Crippen molar-refractivity contribution in [3.8, 4) is 5.82 Å². The molecule has 3 aromatic rings. The maximum atomic E-state index is 12.2. The Morgan fingerprint density at radius 2 is 2.00 bits per heavy atom. The first-order valence-electron chi connectivity index (χ1n) is 9.46. The lowest BCUT2D eigenvalue weighted by atomic mass is 9.96. The monoisotopic (exact) mass is 367 g/mol. The average molecular weight is 367 g/mol. The lowest BCUT2D eigenvalue weighted by molar-refractivity contribution is 0.170. The molecule has 1 saturated heterocycles. The van der Waals surface area contributed by atoms with E-state index in [4.69, 9.17) is 0 Å². The molecule has 0 aliphatic carbocycles. The van der Waals surface area contributed by atoms with Crippen molar-refractivity contribution in [2.75, 3.05) is 19.6 Å². The highest BCUT2D eigenvalue weighted by Gasteiger charge is 2.20. The van der Waals surface area contributed by atoms with E-state index in [9.17, 15) is 4.79 Å². The molecule has 0 amide bonds. The Morgan fingerprint density at radius 3 is 2.70 bits per heavy atom. The van der Waals surface area contributed by atoms with E-state index in [0.29, 0.717) is 18.3 Å². The van der Waals surface area contributed by atoms with Gasteiger partial charge in [0.2, 0.25) is 0 Å². The number of imidazole rings is 1. The third kappa shape index (κ3) is 4.16. The molecule has 0 N–H and O–H groups in total. The molecule has 0 aromatic carbocycles. The van der Waals surface area contributed by atoms with Crippen LogP contribution in [0.4, 0.5) is 0 Å². The lowest BCUT2D eigenvalue weighted by Crippen LogP contribution is -2.38. The van der Waals surface area contributed by atoms with Crippen LogP contribution in [0.2, 0.25) is 0 Å². The van der Waals surface area contributed by atoms with Crippen LogP contribution in [-0.2, 0) is 20.0 Å². The minimum absolute atomic E-state index is 0.0527. The van der Waals surface area contributed by atoms with Crippen molar-refractivity contribution >= 4 is 0 Å². The highest BCUT2D eigenvalue weighted by molar-refractivity contribution is 5.17. The number of aromatic nitrogens is 6. The summed E-state index contributed by atoms with van der Waals surface area (Å²) in [5.41, 5.74) is -0.0527. The molecule has 0 atom stereocenters. The zero-order valence-electron chi connectivity index (χ0n) is 15.6. The zero-order chi connectivity index (χ0) is 18.6. The van der Waals surface area contributed by atoms with E-state index in [2.05, 4.69) is 24.6 Å². The molecule has 0 unspecified atom stereocenters. The molecule has 1 fully saturated rings. The highest BCUT2D eigenvalue weighted by atomic mass is 16.1. The number of hydrogen-bond donors (Lipinski definition) is 0. The molecule has 4 heterocycles. The lowest BCUT2D eigenvalue weighted by Gasteiger charge is -2.31. The summed E-state index contributed by atoms with van der Waals surface area (Å²) in [6.45, 7) is 3.82. The Bertz CT molecular complexity index is 920. The van der Waals surface area contributed by atoms with Crippen molar-refractivity contribution in [2.45, 2.75) is 25.8 Å². The van der Waals surface area contributed by atoms with E-state index >= 15 is 0 Å². The number of rotatable bonds is 6. The number of likely N-dealkylation sites (tertiary alicyclic amines) is 1. The molecule has 142 valence electrons. The fraction of sp³-hybridized carbons (Fsp3) is 0.474. The Hall–Kier alpha value is -2.74. The van der Waals surface area contributed by atoms with E-state index in [1.54, 1.807) is 27.7 Å². The zero-order valence-corrected chi connectivity index (χ0v) is 15.6. The third-order valence-corrected chi connectivity index (χ3v) is 5.30. The molecule has 0 bridgehead atoms. The molecule has 8 heteroatoms. The number of nitrogens with zero attached hydrogens (tertiary/aromatic N) is 7. The van der Waals surface area contributed by atoms with Gasteiger partial charge in [-0.1, -0.05) is 0 Å². The summed E-state index contributed by atoms with van der Waals surface area (Å²) in [6.07, 6.45) is 10.5. The van der Waals surface area contributed by atoms with Gasteiger partial charge in [-0.05, 0) is 44.0 Å². The van der Waals surface area contributed by atoms with Crippen molar-refractivity contribution in [2.24, 2.45) is 13.0 Å². The van der Waals surface area contributed by atoms with Crippen LogP contribution in [0.3, 0.4) is 0 Å². The van der Waals surface area contributed by atoms with Crippen molar-refractivity contribution in [1.29, 1.82) is 0 Å². The maximum Gasteiger partial charge on any atom is 0.266 e. The van der Waals surface area contributed by atoms with Crippen LogP contribution in [-0.4, -0.2) is 53.6 Å². The highest BCUT2D eigenvalue weighted by Crippen LogP contribution is 2.18. The predicted molar refractivity (Wildman–Crippen MR) is 102 cm³/mol. The molecule has 0 saturated carbocycles. The SMILES string of the molecule is Cn1ccnc1CCN1CCC(Cn2nc(-n3cccn3)ccc2=O)CC1. The summed E-state index contributed by atoms with van der Waals surface area (Å²) in [5.74, 6) is 2.28. The van der Waals surface area contributed by atoms with Crippen LogP contribution in [0.25, 0.3) is 5.82 Å². The van der Waals surface area contributed by atoms with E-state index in [0.717, 1.165) is 44.7 Å². The van der Waals surface area contributed by atoms with Gasteiger partial charge in [-0.3, -0.25) is 4.79 Å². The minimum Gasteiger partial charge on any atom is -0.338 e. The molecule has 4 rings (SSSR count). The van der Waals surface area contributed by atoms with E-state index in [1.165, 1.54) is 0 Å². The van der Waals surface area contributed by atoms with E-state index < -0.39 is 0 Å². The fourth-order valence-corrected chi connectivity index (χ4v) is 3.63. The van der Waals surface area contributed by atoms with Crippen LogP contribution in [0.1, 0.15) is 18.7 Å². The van der Waals surface area contributed by atoms with Crippen LogP contribution >= 0.6 is 0 Å². The van der Waals surface area contributed by atoms with Gasteiger partial charge in [0.15, 0.2) is 5.82 Å². The first-order chi connectivity index (χ1) is 13.2. The molecule has 1 aliphatic heterocycles. The molecule has 27 heavy (non-hydrogen) atoms. The van der Waals surface area contributed by atoms with Crippen molar-refractivity contribution in [3.05, 3.63) is 59.2 Å². The maximum absolute atomic E-state index is 12.2. The van der Waals surface area contributed by atoms with Gasteiger partial charge >= 0.3 is 0 Å². The normalized spacial score (nSPS) is 16.0. The molecule has 0 spiro atoms. The standard InChI is InChI=1S/C19H25N7O/c1-23-14-9-20-17(23)7-13-24-11-5-16(6-12-24)15-26-19(27)4-3-18(22-26)25-10-2-8-21-25/h2-4,8-10,14,16H,5-7,11-13,15H2,1H3. The number of aryl methyl sites for hydroxylation is 1. The second kappa shape index (κ2) is 7.87. The van der Waals surface area contributed by atoms with Crippen molar-refractivity contribution in [3.63, 3.8) is 0 Å². The summed E-state index contributed by atoms with van der Waals surface area (Å²) in [4.78, 5) is 19.1. The van der Waals surface area contributed by atoms with Gasteiger partial charge in [-0.2, -0.15) is 5.10 Å². The Balaban J connectivity index is 1.32. The van der Waals surface area contributed by atoms with Gasteiger partial charge in [-0.25, -0.2) is 14.3 Å². The second-order valence-electron chi connectivity index (χ2n) is 7.15. The van der Waals surface area contributed by atoms with Crippen LogP contribution in [0.5, 0.6) is 0 Å². The van der Waals surface area contributed by atoms with Gasteiger partial charge in [0, 0.05) is 57.4 Å². The summed E-state index contributed by atoms with van der Waals surface area (Å²) < 4.78 is 5.35. The smallest absolute Gasteiger partial charge is 0.266 e. The molecule has 3 aromatic heterocycles. The minimum atomic E-state index is -0.0527. The van der Waals surface area contributed by atoms with E-state index in [1.807, 2.05) is 31.7 Å². The Labute approximate surface area is 158 Å². The predicted octanol–water partition coefficient (Wildman–Crippen LogP) is 1.12. The summed E-state index contributed by atoms with van der Waals surface area (Å²) in [6, 6.07) is 5.13.